The molecule has 0 aliphatic carbocycles. The van der Waals surface area contributed by atoms with Gasteiger partial charge in [-0.2, -0.15) is 0 Å². The Morgan fingerprint density at radius 1 is 1.33 bits per heavy atom. The summed E-state index contributed by atoms with van der Waals surface area (Å²) in [4.78, 5) is 14.4. The first-order valence-corrected chi connectivity index (χ1v) is 8.70. The number of nitrogens with one attached hydrogen (secondary N) is 1. The van der Waals surface area contributed by atoms with Crippen molar-refractivity contribution in [2.45, 2.75) is 51.7 Å². The van der Waals surface area contributed by atoms with Crippen LogP contribution in [0.4, 0.5) is 9.18 Å². The average Bonchev–Trinajstić information content (AvgIpc) is 2.51. The van der Waals surface area contributed by atoms with E-state index in [9.17, 15) is 9.18 Å². The molecule has 134 valence electrons. The predicted octanol–water partition coefficient (Wildman–Crippen LogP) is 4.12. The van der Waals surface area contributed by atoms with E-state index in [1.807, 2.05) is 27.8 Å². The van der Waals surface area contributed by atoms with Gasteiger partial charge in [0, 0.05) is 6.54 Å². The van der Waals surface area contributed by atoms with E-state index in [-0.39, 0.29) is 18.0 Å². The molecule has 0 bridgehead atoms. The van der Waals surface area contributed by atoms with Crippen molar-refractivity contribution in [2.75, 3.05) is 20.1 Å². The smallest absolute Gasteiger partial charge is 0.410 e. The molecule has 1 aromatic carbocycles. The highest BCUT2D eigenvalue weighted by Crippen LogP contribution is 2.36. The number of likely N-dealkylation sites (tertiary alicyclic amines) is 1. The quantitative estimate of drug-likeness (QED) is 0.899. The van der Waals surface area contributed by atoms with Gasteiger partial charge >= 0.3 is 6.09 Å². The first kappa shape index (κ1) is 18.7. The van der Waals surface area contributed by atoms with Crippen molar-refractivity contribution >= 4 is 6.09 Å². The van der Waals surface area contributed by atoms with Crippen molar-refractivity contribution < 1.29 is 13.9 Å². The third kappa shape index (κ3) is 5.20. The molecule has 2 rings (SSSR count). The number of halogens is 1. The molecule has 1 unspecified atom stereocenters. The van der Waals surface area contributed by atoms with E-state index in [0.29, 0.717) is 12.5 Å². The SMILES string of the molecule is CNCC[C@H]1CCN(C(=O)OC(C)(C)C)C(c2ccc(F)cc2)C1. The number of rotatable bonds is 4. The van der Waals surface area contributed by atoms with Crippen LogP contribution in [-0.4, -0.2) is 36.7 Å². The number of hydrogen-bond acceptors (Lipinski definition) is 3. The molecule has 1 fully saturated rings. The summed E-state index contributed by atoms with van der Waals surface area (Å²) in [5.41, 5.74) is 0.448. The van der Waals surface area contributed by atoms with E-state index in [0.717, 1.165) is 31.4 Å². The van der Waals surface area contributed by atoms with Gasteiger partial charge in [-0.25, -0.2) is 9.18 Å². The van der Waals surface area contributed by atoms with E-state index in [1.165, 1.54) is 12.1 Å². The van der Waals surface area contributed by atoms with Gasteiger partial charge in [-0.3, -0.25) is 0 Å². The number of amides is 1. The molecule has 2 atom stereocenters. The van der Waals surface area contributed by atoms with Crippen LogP contribution in [0.3, 0.4) is 0 Å². The lowest BCUT2D eigenvalue weighted by molar-refractivity contribution is 0.00374. The molecule has 1 aliphatic rings. The van der Waals surface area contributed by atoms with Crippen molar-refractivity contribution in [1.82, 2.24) is 10.2 Å². The summed E-state index contributed by atoms with van der Waals surface area (Å²) in [6.07, 6.45) is 2.64. The van der Waals surface area contributed by atoms with Gasteiger partial charge < -0.3 is 15.0 Å². The van der Waals surface area contributed by atoms with Crippen LogP contribution in [0.15, 0.2) is 24.3 Å². The average molecular weight is 336 g/mol. The number of carbonyl (C=O) groups is 1. The maximum absolute atomic E-state index is 13.3. The molecule has 24 heavy (non-hydrogen) atoms. The van der Waals surface area contributed by atoms with Gasteiger partial charge in [0.1, 0.15) is 11.4 Å². The second-order valence-electron chi connectivity index (χ2n) is 7.52. The molecule has 1 N–H and O–H groups in total. The molecule has 0 aromatic heterocycles. The van der Waals surface area contributed by atoms with Crippen molar-refractivity contribution in [3.63, 3.8) is 0 Å². The Morgan fingerprint density at radius 3 is 2.58 bits per heavy atom. The summed E-state index contributed by atoms with van der Waals surface area (Å²) >= 11 is 0. The molecule has 0 spiro atoms. The zero-order chi connectivity index (χ0) is 17.7. The molecule has 0 saturated carbocycles. The van der Waals surface area contributed by atoms with Gasteiger partial charge in [-0.1, -0.05) is 12.1 Å². The Kier molecular flexibility index (Phi) is 6.21. The first-order chi connectivity index (χ1) is 11.3. The second kappa shape index (κ2) is 7.97. The largest absolute Gasteiger partial charge is 0.444 e. The van der Waals surface area contributed by atoms with E-state index in [1.54, 1.807) is 17.0 Å². The summed E-state index contributed by atoms with van der Waals surface area (Å²) < 4.78 is 18.8. The standard InChI is InChI=1S/C19H29FN2O2/c1-19(2,3)24-18(23)22-12-10-14(9-11-21-4)13-17(22)15-5-7-16(20)8-6-15/h5-8,14,17,21H,9-13H2,1-4H3/t14-,17?/m0/s1. The fourth-order valence-electron chi connectivity index (χ4n) is 3.19. The van der Waals surface area contributed by atoms with E-state index >= 15 is 0 Å². The zero-order valence-corrected chi connectivity index (χ0v) is 15.1. The Bertz CT molecular complexity index is 539. The van der Waals surface area contributed by atoms with Crippen LogP contribution in [0.2, 0.25) is 0 Å². The summed E-state index contributed by atoms with van der Waals surface area (Å²) in [7, 11) is 1.95. The van der Waals surface area contributed by atoms with Crippen molar-refractivity contribution in [3.8, 4) is 0 Å². The van der Waals surface area contributed by atoms with Crippen LogP contribution in [0, 0.1) is 11.7 Å². The molecule has 1 aromatic rings. The topological polar surface area (TPSA) is 41.6 Å². The summed E-state index contributed by atoms with van der Waals surface area (Å²) in [5.74, 6) is 0.288. The Balaban J connectivity index is 2.18. The molecule has 1 saturated heterocycles. The van der Waals surface area contributed by atoms with Crippen LogP contribution in [0.5, 0.6) is 0 Å². The second-order valence-corrected chi connectivity index (χ2v) is 7.52. The highest BCUT2D eigenvalue weighted by Gasteiger charge is 2.34. The third-order valence-corrected chi connectivity index (χ3v) is 4.40. The number of carbonyl (C=O) groups excluding carboxylic acids is 1. The molecule has 1 heterocycles. The molecule has 4 nitrogen and oxygen atoms in total. The van der Waals surface area contributed by atoms with Gasteiger partial charge in [0.05, 0.1) is 6.04 Å². The summed E-state index contributed by atoms with van der Waals surface area (Å²) in [5, 5.41) is 3.19. The van der Waals surface area contributed by atoms with Crippen LogP contribution in [0.1, 0.15) is 51.6 Å². The monoisotopic (exact) mass is 336 g/mol. The fraction of sp³-hybridized carbons (Fsp3) is 0.632. The summed E-state index contributed by atoms with van der Waals surface area (Å²) in [6.45, 7) is 7.25. The molecule has 1 amide bonds. The lowest BCUT2D eigenvalue weighted by atomic mass is 9.85. The molecule has 5 heteroatoms. The highest BCUT2D eigenvalue weighted by molar-refractivity contribution is 5.69. The predicted molar refractivity (Wildman–Crippen MR) is 93.3 cm³/mol. The number of hydrogen-bond donors (Lipinski definition) is 1. The van der Waals surface area contributed by atoms with Crippen LogP contribution >= 0.6 is 0 Å². The number of benzene rings is 1. The summed E-state index contributed by atoms with van der Waals surface area (Å²) in [6, 6.07) is 6.41. The van der Waals surface area contributed by atoms with Gasteiger partial charge in [-0.15, -0.1) is 0 Å². The normalized spacial score (nSPS) is 21.6. The van der Waals surface area contributed by atoms with E-state index in [2.05, 4.69) is 5.32 Å². The molecular formula is C19H29FN2O2. The zero-order valence-electron chi connectivity index (χ0n) is 15.1. The first-order valence-electron chi connectivity index (χ1n) is 8.70. The Labute approximate surface area is 144 Å². The van der Waals surface area contributed by atoms with Crippen LogP contribution < -0.4 is 5.32 Å². The molecule has 0 radical (unpaired) electrons. The highest BCUT2D eigenvalue weighted by atomic mass is 19.1. The van der Waals surface area contributed by atoms with Crippen LogP contribution in [-0.2, 0) is 4.74 Å². The van der Waals surface area contributed by atoms with Crippen molar-refractivity contribution in [3.05, 3.63) is 35.6 Å². The van der Waals surface area contributed by atoms with Gasteiger partial charge in [0.25, 0.3) is 0 Å². The van der Waals surface area contributed by atoms with E-state index in [4.69, 9.17) is 4.74 Å². The maximum Gasteiger partial charge on any atom is 0.410 e. The fourth-order valence-corrected chi connectivity index (χ4v) is 3.19. The molecule has 1 aliphatic heterocycles. The third-order valence-electron chi connectivity index (χ3n) is 4.40. The van der Waals surface area contributed by atoms with Crippen molar-refractivity contribution in [2.24, 2.45) is 5.92 Å². The lowest BCUT2D eigenvalue weighted by Gasteiger charge is -2.40. The number of piperidine rings is 1. The van der Waals surface area contributed by atoms with Crippen LogP contribution in [0.25, 0.3) is 0 Å². The Morgan fingerprint density at radius 2 is 2.00 bits per heavy atom. The maximum atomic E-state index is 13.3. The lowest BCUT2D eigenvalue weighted by Crippen LogP contribution is -2.44. The van der Waals surface area contributed by atoms with Gasteiger partial charge in [0.15, 0.2) is 0 Å². The Hall–Kier alpha value is -1.62. The minimum absolute atomic E-state index is 0.0592. The minimum Gasteiger partial charge on any atom is -0.444 e. The molecular weight excluding hydrogens is 307 g/mol. The van der Waals surface area contributed by atoms with Gasteiger partial charge in [-0.05, 0) is 77.2 Å². The van der Waals surface area contributed by atoms with Gasteiger partial charge in [0.2, 0.25) is 0 Å². The van der Waals surface area contributed by atoms with Crippen molar-refractivity contribution in [1.29, 1.82) is 0 Å². The number of ether oxygens (including phenoxy) is 1. The number of nitrogens with zero attached hydrogens (tertiary/aromatic N) is 1. The van der Waals surface area contributed by atoms with E-state index < -0.39 is 5.60 Å². The minimum atomic E-state index is -0.520.